The highest BCUT2D eigenvalue weighted by atomic mass is 79.9. The lowest BCUT2D eigenvalue weighted by Crippen LogP contribution is -2.08. The van der Waals surface area contributed by atoms with E-state index in [1.165, 1.54) is 37.7 Å². The average Bonchev–Trinajstić information content (AvgIpc) is 2.35. The van der Waals surface area contributed by atoms with Crippen LogP contribution in [0.1, 0.15) is 55.7 Å². The zero-order valence-electron chi connectivity index (χ0n) is 11.0. The third-order valence-electron chi connectivity index (χ3n) is 3.79. The van der Waals surface area contributed by atoms with Crippen LogP contribution in [0.3, 0.4) is 0 Å². The lowest BCUT2D eigenvalue weighted by Gasteiger charge is -2.21. The van der Waals surface area contributed by atoms with Gasteiger partial charge in [0.05, 0.1) is 0 Å². The number of hydrogen-bond acceptors (Lipinski definition) is 0. The fourth-order valence-corrected chi connectivity index (χ4v) is 3.50. The quantitative estimate of drug-likeness (QED) is 0.679. The Morgan fingerprint density at radius 2 is 1.82 bits per heavy atom. The molecule has 1 unspecified atom stereocenters. The van der Waals surface area contributed by atoms with Crippen LogP contribution < -0.4 is 0 Å². The predicted molar refractivity (Wildman–Crippen MR) is 79.1 cm³/mol. The van der Waals surface area contributed by atoms with Crippen LogP contribution in [0.15, 0.2) is 18.2 Å². The summed E-state index contributed by atoms with van der Waals surface area (Å²) in [5, 5.41) is 1.09. The molecule has 0 amide bonds. The number of benzene rings is 1. The van der Waals surface area contributed by atoms with Gasteiger partial charge >= 0.3 is 0 Å². The van der Waals surface area contributed by atoms with Gasteiger partial charge in [-0.15, -0.1) is 0 Å². The molecule has 1 heteroatoms. The van der Waals surface area contributed by atoms with Crippen LogP contribution in [0.2, 0.25) is 0 Å². The zero-order valence-corrected chi connectivity index (χ0v) is 12.6. The van der Waals surface area contributed by atoms with Crippen molar-refractivity contribution in [1.29, 1.82) is 0 Å². The summed E-state index contributed by atoms with van der Waals surface area (Å²) in [6.45, 7) is 4.63. The molecule has 94 valence electrons. The molecule has 0 saturated heterocycles. The Bertz CT molecular complexity index is 368. The molecule has 0 fully saturated rings. The Labute approximate surface area is 114 Å². The summed E-state index contributed by atoms with van der Waals surface area (Å²) < 4.78 is 0. The Kier molecular flexibility index (Phi) is 4.67. The van der Waals surface area contributed by atoms with E-state index in [0.29, 0.717) is 5.92 Å². The van der Waals surface area contributed by atoms with Gasteiger partial charge in [0.2, 0.25) is 0 Å². The van der Waals surface area contributed by atoms with Gasteiger partial charge in [-0.3, -0.25) is 0 Å². The Hall–Kier alpha value is -0.300. The molecule has 1 aromatic rings. The Balaban J connectivity index is 2.19. The molecule has 1 aliphatic carbocycles. The van der Waals surface area contributed by atoms with E-state index < -0.39 is 0 Å². The molecule has 1 aliphatic rings. The first-order valence-corrected chi connectivity index (χ1v) is 8.00. The lowest BCUT2D eigenvalue weighted by molar-refractivity contribution is 0.528. The van der Waals surface area contributed by atoms with Gasteiger partial charge in [0, 0.05) is 5.33 Å². The highest BCUT2D eigenvalue weighted by Gasteiger charge is 2.15. The molecule has 0 radical (unpaired) electrons. The molecule has 0 aliphatic heterocycles. The summed E-state index contributed by atoms with van der Waals surface area (Å²) in [6, 6.07) is 7.21. The van der Waals surface area contributed by atoms with Crippen molar-refractivity contribution in [2.24, 2.45) is 5.92 Å². The molecule has 1 aromatic carbocycles. The van der Waals surface area contributed by atoms with Crippen LogP contribution >= 0.6 is 15.9 Å². The largest absolute Gasteiger partial charge is 0.0921 e. The van der Waals surface area contributed by atoms with Crippen molar-refractivity contribution in [1.82, 2.24) is 0 Å². The fourth-order valence-electron chi connectivity index (χ4n) is 2.86. The molecule has 0 saturated carbocycles. The van der Waals surface area contributed by atoms with Crippen LogP contribution in [-0.4, -0.2) is 5.33 Å². The maximum absolute atomic E-state index is 3.68. The Morgan fingerprint density at radius 3 is 2.47 bits per heavy atom. The van der Waals surface area contributed by atoms with Crippen molar-refractivity contribution in [2.45, 2.75) is 51.9 Å². The monoisotopic (exact) mass is 294 g/mol. The zero-order chi connectivity index (χ0) is 12.3. The summed E-state index contributed by atoms with van der Waals surface area (Å²) in [7, 11) is 0. The van der Waals surface area contributed by atoms with Gasteiger partial charge in [-0.2, -0.15) is 0 Å². The second-order valence-electron chi connectivity index (χ2n) is 5.72. The standard InChI is InChI=1S/C16H23Br/c1-12(2)9-16(11-17)15-8-7-13-5-3-4-6-14(13)10-15/h7-8,10,12,16H,3-6,9,11H2,1-2H3. The van der Waals surface area contributed by atoms with Gasteiger partial charge in [0.25, 0.3) is 0 Å². The van der Waals surface area contributed by atoms with E-state index in [1.54, 1.807) is 11.1 Å². The smallest absolute Gasteiger partial charge is 0.0100 e. The third kappa shape index (κ3) is 3.34. The van der Waals surface area contributed by atoms with E-state index in [9.17, 15) is 0 Å². The SMILES string of the molecule is CC(C)CC(CBr)c1ccc2c(c1)CCCC2. The van der Waals surface area contributed by atoms with E-state index in [-0.39, 0.29) is 0 Å². The average molecular weight is 295 g/mol. The molecule has 1 atom stereocenters. The summed E-state index contributed by atoms with van der Waals surface area (Å²) in [6.07, 6.45) is 6.61. The summed E-state index contributed by atoms with van der Waals surface area (Å²) in [5.41, 5.74) is 4.75. The van der Waals surface area contributed by atoms with Crippen molar-refractivity contribution in [2.75, 3.05) is 5.33 Å². The predicted octanol–water partition coefficient (Wildman–Crippen LogP) is 5.09. The Morgan fingerprint density at radius 1 is 1.12 bits per heavy atom. The third-order valence-corrected chi connectivity index (χ3v) is 4.57. The normalized spacial score (nSPS) is 16.9. The van der Waals surface area contributed by atoms with Crippen LogP contribution in [-0.2, 0) is 12.8 Å². The first-order valence-electron chi connectivity index (χ1n) is 6.88. The van der Waals surface area contributed by atoms with Gasteiger partial charge in [-0.1, -0.05) is 48.0 Å². The number of hydrogen-bond donors (Lipinski definition) is 0. The van der Waals surface area contributed by atoms with Crippen LogP contribution in [0, 0.1) is 5.92 Å². The number of aryl methyl sites for hydroxylation is 2. The molecular weight excluding hydrogens is 272 g/mol. The number of alkyl halides is 1. The number of rotatable bonds is 4. The second-order valence-corrected chi connectivity index (χ2v) is 6.36. The molecule has 0 bridgehead atoms. The van der Waals surface area contributed by atoms with Gasteiger partial charge in [-0.25, -0.2) is 0 Å². The maximum Gasteiger partial charge on any atom is 0.0100 e. The van der Waals surface area contributed by atoms with Gasteiger partial charge in [-0.05, 0) is 60.6 Å². The number of fused-ring (bicyclic) bond motifs is 1. The minimum absolute atomic E-state index is 0.683. The summed E-state index contributed by atoms with van der Waals surface area (Å²) >= 11 is 3.68. The fraction of sp³-hybridized carbons (Fsp3) is 0.625. The van der Waals surface area contributed by atoms with Gasteiger partial charge in [0.1, 0.15) is 0 Å². The van der Waals surface area contributed by atoms with Crippen LogP contribution in [0.25, 0.3) is 0 Å². The molecular formula is C16H23Br. The molecule has 17 heavy (non-hydrogen) atoms. The highest BCUT2D eigenvalue weighted by Crippen LogP contribution is 2.30. The minimum Gasteiger partial charge on any atom is -0.0921 e. The van der Waals surface area contributed by atoms with Crippen molar-refractivity contribution in [3.63, 3.8) is 0 Å². The maximum atomic E-state index is 3.68. The molecule has 0 heterocycles. The van der Waals surface area contributed by atoms with Gasteiger partial charge < -0.3 is 0 Å². The van der Waals surface area contributed by atoms with E-state index in [4.69, 9.17) is 0 Å². The van der Waals surface area contributed by atoms with Crippen molar-refractivity contribution in [3.8, 4) is 0 Å². The van der Waals surface area contributed by atoms with Crippen molar-refractivity contribution >= 4 is 15.9 Å². The highest BCUT2D eigenvalue weighted by molar-refractivity contribution is 9.09. The van der Waals surface area contributed by atoms with Crippen molar-refractivity contribution in [3.05, 3.63) is 34.9 Å². The topological polar surface area (TPSA) is 0 Å². The molecule has 0 aromatic heterocycles. The van der Waals surface area contributed by atoms with E-state index >= 15 is 0 Å². The van der Waals surface area contributed by atoms with E-state index in [1.807, 2.05) is 0 Å². The number of halogens is 1. The summed E-state index contributed by atoms with van der Waals surface area (Å²) in [5.74, 6) is 1.45. The van der Waals surface area contributed by atoms with E-state index in [2.05, 4.69) is 48.0 Å². The van der Waals surface area contributed by atoms with Crippen LogP contribution in [0.4, 0.5) is 0 Å². The molecule has 0 nitrogen and oxygen atoms in total. The minimum atomic E-state index is 0.683. The molecule has 0 N–H and O–H groups in total. The van der Waals surface area contributed by atoms with Crippen LogP contribution in [0.5, 0.6) is 0 Å². The first-order chi connectivity index (χ1) is 8.20. The first kappa shape index (κ1) is 13.1. The molecule has 2 rings (SSSR count). The lowest BCUT2D eigenvalue weighted by atomic mass is 9.86. The molecule has 0 spiro atoms. The summed E-state index contributed by atoms with van der Waals surface area (Å²) in [4.78, 5) is 0. The second kappa shape index (κ2) is 6.04. The van der Waals surface area contributed by atoms with E-state index in [0.717, 1.165) is 11.2 Å². The van der Waals surface area contributed by atoms with Crippen molar-refractivity contribution < 1.29 is 0 Å². The van der Waals surface area contributed by atoms with Gasteiger partial charge in [0.15, 0.2) is 0 Å².